The first-order chi connectivity index (χ1) is 9.17. The van der Waals surface area contributed by atoms with Crippen molar-refractivity contribution < 1.29 is 19.7 Å². The summed E-state index contributed by atoms with van der Waals surface area (Å²) >= 11 is 0. The minimum absolute atomic E-state index is 0.121. The summed E-state index contributed by atoms with van der Waals surface area (Å²) in [6, 6.07) is 7.27. The second-order valence-electron chi connectivity index (χ2n) is 4.96. The molecule has 19 heavy (non-hydrogen) atoms. The normalized spacial score (nSPS) is 17.8. The highest BCUT2D eigenvalue weighted by Gasteiger charge is 2.41. The fourth-order valence-electron chi connectivity index (χ4n) is 1.82. The van der Waals surface area contributed by atoms with Gasteiger partial charge in [0.2, 0.25) is 0 Å². The van der Waals surface area contributed by atoms with E-state index in [0.717, 1.165) is 18.6 Å². The molecule has 106 valence electrons. The molecule has 5 heteroatoms. The lowest BCUT2D eigenvalue weighted by Crippen LogP contribution is -2.41. The third-order valence-electron chi connectivity index (χ3n) is 3.35. The van der Waals surface area contributed by atoms with Gasteiger partial charge >= 0.3 is 0 Å². The van der Waals surface area contributed by atoms with E-state index in [2.05, 4.69) is 5.32 Å². The number of nitrogens with one attached hydrogen (secondary N) is 1. The molecule has 1 saturated carbocycles. The minimum Gasteiger partial charge on any atom is -0.497 e. The molecule has 3 N–H and O–H groups in total. The number of ether oxygens (including phenoxy) is 2. The van der Waals surface area contributed by atoms with E-state index in [1.165, 1.54) is 0 Å². The SMILES string of the molecule is COc1cccc(OCC(O)CNC2(CO)CC2)c1. The van der Waals surface area contributed by atoms with Crippen LogP contribution in [-0.4, -0.2) is 48.7 Å². The molecule has 0 aliphatic heterocycles. The number of methoxy groups -OCH3 is 1. The summed E-state index contributed by atoms with van der Waals surface area (Å²) < 4.78 is 10.6. The first-order valence-corrected chi connectivity index (χ1v) is 6.48. The lowest BCUT2D eigenvalue weighted by molar-refractivity contribution is 0.0977. The highest BCUT2D eigenvalue weighted by molar-refractivity contribution is 5.32. The molecule has 1 unspecified atom stereocenters. The molecule has 1 aliphatic rings. The van der Waals surface area contributed by atoms with E-state index in [1.54, 1.807) is 13.2 Å². The van der Waals surface area contributed by atoms with Crippen molar-refractivity contribution in [3.8, 4) is 11.5 Å². The van der Waals surface area contributed by atoms with E-state index in [4.69, 9.17) is 14.6 Å². The van der Waals surface area contributed by atoms with Crippen LogP contribution in [0.2, 0.25) is 0 Å². The number of β-amino-alcohol motifs (C(OH)–C–C–N with tert-alkyl or cyclic N) is 1. The van der Waals surface area contributed by atoms with Crippen molar-refractivity contribution in [3.05, 3.63) is 24.3 Å². The summed E-state index contributed by atoms with van der Waals surface area (Å²) in [5, 5.41) is 22.1. The summed E-state index contributed by atoms with van der Waals surface area (Å²) in [6.45, 7) is 0.753. The van der Waals surface area contributed by atoms with Crippen molar-refractivity contribution in [2.24, 2.45) is 0 Å². The molecule has 5 nitrogen and oxygen atoms in total. The van der Waals surface area contributed by atoms with Crippen molar-refractivity contribution in [1.29, 1.82) is 0 Å². The van der Waals surface area contributed by atoms with Gasteiger partial charge < -0.3 is 25.0 Å². The van der Waals surface area contributed by atoms with Gasteiger partial charge in [0.15, 0.2) is 0 Å². The maximum absolute atomic E-state index is 9.82. The summed E-state index contributed by atoms with van der Waals surface area (Å²) in [5.41, 5.74) is -0.156. The van der Waals surface area contributed by atoms with Crippen LogP contribution in [-0.2, 0) is 0 Å². The van der Waals surface area contributed by atoms with Crippen LogP contribution in [0.4, 0.5) is 0 Å². The van der Waals surface area contributed by atoms with Gasteiger partial charge in [0.25, 0.3) is 0 Å². The van der Waals surface area contributed by atoms with Gasteiger partial charge in [0.05, 0.1) is 13.7 Å². The van der Waals surface area contributed by atoms with E-state index >= 15 is 0 Å². The van der Waals surface area contributed by atoms with Crippen molar-refractivity contribution in [1.82, 2.24) is 5.32 Å². The van der Waals surface area contributed by atoms with Crippen molar-refractivity contribution in [3.63, 3.8) is 0 Å². The Morgan fingerprint density at radius 1 is 1.37 bits per heavy atom. The Balaban J connectivity index is 1.72. The Morgan fingerprint density at radius 2 is 2.11 bits per heavy atom. The zero-order chi connectivity index (χ0) is 13.7. The van der Waals surface area contributed by atoms with Gasteiger partial charge in [-0.2, -0.15) is 0 Å². The van der Waals surface area contributed by atoms with E-state index < -0.39 is 6.10 Å². The number of aliphatic hydroxyl groups is 2. The van der Waals surface area contributed by atoms with Crippen molar-refractivity contribution in [2.45, 2.75) is 24.5 Å². The fraction of sp³-hybridized carbons (Fsp3) is 0.571. The van der Waals surface area contributed by atoms with Crippen molar-refractivity contribution in [2.75, 3.05) is 26.9 Å². The Morgan fingerprint density at radius 3 is 2.74 bits per heavy atom. The van der Waals surface area contributed by atoms with Gasteiger partial charge in [0, 0.05) is 18.2 Å². The number of aliphatic hydroxyl groups excluding tert-OH is 2. The highest BCUT2D eigenvalue weighted by Crippen LogP contribution is 2.34. The van der Waals surface area contributed by atoms with E-state index in [-0.39, 0.29) is 18.8 Å². The van der Waals surface area contributed by atoms with Crippen LogP contribution >= 0.6 is 0 Å². The molecule has 0 saturated heterocycles. The molecule has 2 rings (SSSR count). The average Bonchev–Trinajstić information content (AvgIpc) is 3.24. The van der Waals surface area contributed by atoms with Gasteiger partial charge in [-0.15, -0.1) is 0 Å². The third kappa shape index (κ3) is 4.09. The predicted molar refractivity (Wildman–Crippen MR) is 71.5 cm³/mol. The van der Waals surface area contributed by atoms with Crippen molar-refractivity contribution >= 4 is 0 Å². The van der Waals surface area contributed by atoms with Crippen LogP contribution in [0.25, 0.3) is 0 Å². The molecule has 0 amide bonds. The Labute approximate surface area is 113 Å². The van der Waals surface area contributed by atoms with Gasteiger partial charge in [-0.3, -0.25) is 0 Å². The Bertz CT molecular complexity index is 406. The van der Waals surface area contributed by atoms with Crippen LogP contribution in [0.5, 0.6) is 11.5 Å². The van der Waals surface area contributed by atoms with E-state index in [0.29, 0.717) is 12.3 Å². The number of benzene rings is 1. The summed E-state index contributed by atoms with van der Waals surface area (Å²) in [6.07, 6.45) is 1.33. The zero-order valence-corrected chi connectivity index (χ0v) is 11.1. The molecule has 0 radical (unpaired) electrons. The fourth-order valence-corrected chi connectivity index (χ4v) is 1.82. The van der Waals surface area contributed by atoms with E-state index in [1.807, 2.05) is 18.2 Å². The molecule has 0 aromatic heterocycles. The second-order valence-corrected chi connectivity index (χ2v) is 4.96. The largest absolute Gasteiger partial charge is 0.497 e. The number of rotatable bonds is 8. The second kappa shape index (κ2) is 6.23. The molecule has 1 fully saturated rings. The minimum atomic E-state index is -0.602. The standard InChI is InChI=1S/C14H21NO4/c1-18-12-3-2-4-13(7-12)19-9-11(17)8-15-14(10-16)5-6-14/h2-4,7,11,15-17H,5-6,8-10H2,1H3. The van der Waals surface area contributed by atoms with Crippen LogP contribution in [0.1, 0.15) is 12.8 Å². The molecular weight excluding hydrogens is 246 g/mol. The molecule has 1 atom stereocenters. The predicted octanol–water partition coefficient (Wildman–Crippen LogP) is 0.549. The summed E-state index contributed by atoms with van der Waals surface area (Å²) in [5.74, 6) is 1.39. The molecule has 0 bridgehead atoms. The van der Waals surface area contributed by atoms with Crippen LogP contribution < -0.4 is 14.8 Å². The van der Waals surface area contributed by atoms with Gasteiger partial charge in [-0.05, 0) is 25.0 Å². The third-order valence-corrected chi connectivity index (χ3v) is 3.35. The maximum atomic E-state index is 9.82. The van der Waals surface area contributed by atoms with Crippen LogP contribution in [0.3, 0.4) is 0 Å². The maximum Gasteiger partial charge on any atom is 0.123 e. The van der Waals surface area contributed by atoms with Gasteiger partial charge in [-0.25, -0.2) is 0 Å². The lowest BCUT2D eigenvalue weighted by Gasteiger charge is -2.18. The smallest absolute Gasteiger partial charge is 0.123 e. The van der Waals surface area contributed by atoms with Gasteiger partial charge in [0.1, 0.15) is 24.2 Å². The first kappa shape index (κ1) is 14.1. The highest BCUT2D eigenvalue weighted by atomic mass is 16.5. The van der Waals surface area contributed by atoms with Crippen LogP contribution in [0.15, 0.2) is 24.3 Å². The molecule has 1 aromatic rings. The number of hydrogen-bond acceptors (Lipinski definition) is 5. The molecular formula is C14H21NO4. The summed E-state index contributed by atoms with van der Waals surface area (Å²) in [7, 11) is 1.60. The van der Waals surface area contributed by atoms with E-state index in [9.17, 15) is 5.11 Å². The monoisotopic (exact) mass is 267 g/mol. The Hall–Kier alpha value is -1.30. The first-order valence-electron chi connectivity index (χ1n) is 6.48. The summed E-state index contributed by atoms with van der Waals surface area (Å²) in [4.78, 5) is 0. The Kier molecular flexibility index (Phi) is 4.63. The molecule has 1 aliphatic carbocycles. The molecule has 1 aromatic carbocycles. The zero-order valence-electron chi connectivity index (χ0n) is 11.1. The quantitative estimate of drug-likeness (QED) is 0.641. The van der Waals surface area contributed by atoms with Crippen LogP contribution in [0, 0.1) is 0 Å². The molecule has 0 spiro atoms. The lowest BCUT2D eigenvalue weighted by atomic mass is 10.2. The topological polar surface area (TPSA) is 71.0 Å². The van der Waals surface area contributed by atoms with Gasteiger partial charge in [-0.1, -0.05) is 6.07 Å². The average molecular weight is 267 g/mol. The molecule has 0 heterocycles. The number of hydrogen-bond donors (Lipinski definition) is 3.